The molecule has 0 saturated heterocycles. The van der Waals surface area contributed by atoms with Gasteiger partial charge in [-0.05, 0) is 37.1 Å². The molecule has 1 rings (SSSR count). The van der Waals surface area contributed by atoms with E-state index in [1.807, 2.05) is 0 Å². The Kier molecular flexibility index (Phi) is 4.82. The minimum Gasteiger partial charge on any atom is -0.469 e. The molecule has 1 aromatic rings. The van der Waals surface area contributed by atoms with Gasteiger partial charge in [0.2, 0.25) is 0 Å². The van der Waals surface area contributed by atoms with Gasteiger partial charge in [-0.1, -0.05) is 0 Å². The van der Waals surface area contributed by atoms with Gasteiger partial charge in [0.1, 0.15) is 5.82 Å². The lowest BCUT2D eigenvalue weighted by Crippen LogP contribution is -2.05. The lowest BCUT2D eigenvalue weighted by molar-refractivity contribution is -0.140. The molecule has 0 spiro atoms. The molecule has 0 aliphatic carbocycles. The third-order valence-corrected chi connectivity index (χ3v) is 2.50. The monoisotopic (exact) mass is 238 g/mol. The largest absolute Gasteiger partial charge is 0.469 e. The van der Waals surface area contributed by atoms with E-state index >= 15 is 0 Å². The van der Waals surface area contributed by atoms with Crippen LogP contribution in [0.4, 0.5) is 4.39 Å². The average molecular weight is 238 g/mol. The van der Waals surface area contributed by atoms with Crippen molar-refractivity contribution in [3.8, 4) is 0 Å². The van der Waals surface area contributed by atoms with Crippen LogP contribution in [-0.4, -0.2) is 18.9 Å². The van der Waals surface area contributed by atoms with Gasteiger partial charge in [-0.3, -0.25) is 9.59 Å². The first-order valence-corrected chi connectivity index (χ1v) is 5.40. The topological polar surface area (TPSA) is 43.4 Å². The van der Waals surface area contributed by atoms with Crippen LogP contribution < -0.4 is 0 Å². The van der Waals surface area contributed by atoms with E-state index in [-0.39, 0.29) is 30.4 Å². The van der Waals surface area contributed by atoms with Gasteiger partial charge in [-0.15, -0.1) is 0 Å². The van der Waals surface area contributed by atoms with E-state index < -0.39 is 0 Å². The molecule has 3 nitrogen and oxygen atoms in total. The number of halogens is 1. The Labute approximate surface area is 99.6 Å². The summed E-state index contributed by atoms with van der Waals surface area (Å²) >= 11 is 0. The number of carbonyl (C=O) groups excluding carboxylic acids is 2. The lowest BCUT2D eigenvalue weighted by atomic mass is 10.0. The Hall–Kier alpha value is -1.71. The van der Waals surface area contributed by atoms with Crippen molar-refractivity contribution in [1.29, 1.82) is 0 Å². The number of rotatable bonds is 5. The average Bonchev–Trinajstić information content (AvgIpc) is 2.28. The Balaban J connectivity index is 2.55. The number of benzene rings is 1. The van der Waals surface area contributed by atoms with E-state index in [9.17, 15) is 14.0 Å². The molecule has 0 bridgehead atoms. The number of ether oxygens (including phenoxy) is 1. The van der Waals surface area contributed by atoms with Gasteiger partial charge in [0, 0.05) is 18.4 Å². The van der Waals surface area contributed by atoms with Crippen LogP contribution in [0.15, 0.2) is 18.2 Å². The predicted molar refractivity (Wildman–Crippen MR) is 61.3 cm³/mol. The van der Waals surface area contributed by atoms with Crippen LogP contribution in [0.2, 0.25) is 0 Å². The Morgan fingerprint density at radius 3 is 2.59 bits per heavy atom. The van der Waals surface area contributed by atoms with Crippen LogP contribution in [0.1, 0.15) is 35.2 Å². The maximum Gasteiger partial charge on any atom is 0.305 e. The van der Waals surface area contributed by atoms with Crippen molar-refractivity contribution in [2.75, 3.05) is 7.11 Å². The van der Waals surface area contributed by atoms with Gasteiger partial charge in [-0.25, -0.2) is 4.39 Å². The second-order valence-electron chi connectivity index (χ2n) is 3.81. The zero-order valence-electron chi connectivity index (χ0n) is 9.96. The fourth-order valence-corrected chi connectivity index (χ4v) is 1.57. The summed E-state index contributed by atoms with van der Waals surface area (Å²) in [5.74, 6) is -0.756. The molecule has 0 heterocycles. The molecule has 0 N–H and O–H groups in total. The molecule has 0 saturated carbocycles. The molecule has 0 aromatic heterocycles. The summed E-state index contributed by atoms with van der Waals surface area (Å²) in [6.07, 6.45) is 0.937. The summed E-state index contributed by atoms with van der Waals surface area (Å²) in [6, 6.07) is 4.07. The van der Waals surface area contributed by atoms with Crippen molar-refractivity contribution in [2.45, 2.75) is 26.2 Å². The Morgan fingerprint density at radius 2 is 2.00 bits per heavy atom. The highest BCUT2D eigenvalue weighted by Gasteiger charge is 2.10. The van der Waals surface area contributed by atoms with E-state index in [2.05, 4.69) is 4.74 Å². The number of ketones is 1. The van der Waals surface area contributed by atoms with Gasteiger partial charge in [-0.2, -0.15) is 0 Å². The number of aryl methyl sites for hydroxylation is 1. The van der Waals surface area contributed by atoms with Gasteiger partial charge >= 0.3 is 5.97 Å². The molecule has 4 heteroatoms. The highest BCUT2D eigenvalue weighted by molar-refractivity contribution is 5.97. The minimum atomic E-state index is -0.353. The van der Waals surface area contributed by atoms with E-state index in [1.54, 1.807) is 6.92 Å². The summed E-state index contributed by atoms with van der Waals surface area (Å²) < 4.78 is 17.3. The van der Waals surface area contributed by atoms with Crippen LogP contribution in [-0.2, 0) is 9.53 Å². The third-order valence-electron chi connectivity index (χ3n) is 2.50. The SMILES string of the molecule is COC(=O)CCCC(=O)c1ccc(F)cc1C. The molecular formula is C13H15FO3. The van der Waals surface area contributed by atoms with E-state index in [0.29, 0.717) is 17.5 Å². The first-order chi connectivity index (χ1) is 8.04. The Bertz CT molecular complexity index is 427. The fourth-order valence-electron chi connectivity index (χ4n) is 1.57. The standard InChI is InChI=1S/C13H15FO3/c1-9-8-10(14)6-7-11(9)12(15)4-3-5-13(16)17-2/h6-8H,3-5H2,1-2H3. The fraction of sp³-hybridized carbons (Fsp3) is 0.385. The molecule has 0 fully saturated rings. The van der Waals surface area contributed by atoms with Crippen molar-refractivity contribution in [2.24, 2.45) is 0 Å². The van der Waals surface area contributed by atoms with Gasteiger partial charge < -0.3 is 4.74 Å². The van der Waals surface area contributed by atoms with E-state index in [0.717, 1.165) is 0 Å². The summed E-state index contributed by atoms with van der Waals surface area (Å²) in [5, 5.41) is 0. The van der Waals surface area contributed by atoms with Crippen molar-refractivity contribution in [3.05, 3.63) is 35.1 Å². The molecular weight excluding hydrogens is 223 g/mol. The zero-order chi connectivity index (χ0) is 12.8. The second kappa shape index (κ2) is 6.13. The van der Waals surface area contributed by atoms with Crippen LogP contribution in [0.5, 0.6) is 0 Å². The van der Waals surface area contributed by atoms with Crippen LogP contribution in [0, 0.1) is 12.7 Å². The summed E-state index contributed by atoms with van der Waals surface area (Å²) in [7, 11) is 1.31. The smallest absolute Gasteiger partial charge is 0.305 e. The van der Waals surface area contributed by atoms with Crippen molar-refractivity contribution in [1.82, 2.24) is 0 Å². The number of methoxy groups -OCH3 is 1. The van der Waals surface area contributed by atoms with Crippen LogP contribution in [0.3, 0.4) is 0 Å². The van der Waals surface area contributed by atoms with E-state index in [1.165, 1.54) is 25.3 Å². The molecule has 17 heavy (non-hydrogen) atoms. The maximum absolute atomic E-state index is 12.8. The molecule has 0 aliphatic heterocycles. The normalized spacial score (nSPS) is 10.1. The number of esters is 1. The van der Waals surface area contributed by atoms with Gasteiger partial charge in [0.25, 0.3) is 0 Å². The maximum atomic E-state index is 12.8. The Morgan fingerprint density at radius 1 is 1.29 bits per heavy atom. The zero-order valence-corrected chi connectivity index (χ0v) is 9.96. The number of hydrogen-bond donors (Lipinski definition) is 0. The number of carbonyl (C=O) groups is 2. The predicted octanol–water partition coefficient (Wildman–Crippen LogP) is 2.66. The quantitative estimate of drug-likeness (QED) is 0.585. The molecule has 0 amide bonds. The first kappa shape index (κ1) is 13.4. The summed E-state index contributed by atoms with van der Waals surface area (Å²) in [6.45, 7) is 1.69. The first-order valence-electron chi connectivity index (χ1n) is 5.40. The van der Waals surface area contributed by atoms with Crippen LogP contribution >= 0.6 is 0 Å². The van der Waals surface area contributed by atoms with Crippen molar-refractivity contribution < 1.29 is 18.7 Å². The summed E-state index contributed by atoms with van der Waals surface area (Å²) in [5.41, 5.74) is 1.13. The lowest BCUT2D eigenvalue weighted by Gasteiger charge is -2.04. The third kappa shape index (κ3) is 3.98. The van der Waals surface area contributed by atoms with Gasteiger partial charge in [0.05, 0.1) is 7.11 Å². The van der Waals surface area contributed by atoms with Crippen molar-refractivity contribution in [3.63, 3.8) is 0 Å². The van der Waals surface area contributed by atoms with Gasteiger partial charge in [0.15, 0.2) is 5.78 Å². The molecule has 0 unspecified atom stereocenters. The van der Waals surface area contributed by atoms with Crippen molar-refractivity contribution >= 4 is 11.8 Å². The van der Waals surface area contributed by atoms with Crippen LogP contribution in [0.25, 0.3) is 0 Å². The number of hydrogen-bond acceptors (Lipinski definition) is 3. The molecule has 0 aliphatic rings. The highest BCUT2D eigenvalue weighted by Crippen LogP contribution is 2.14. The molecule has 92 valence electrons. The molecule has 0 radical (unpaired) electrons. The molecule has 0 atom stereocenters. The summed E-state index contributed by atoms with van der Waals surface area (Å²) in [4.78, 5) is 22.6. The van der Waals surface area contributed by atoms with E-state index in [4.69, 9.17) is 0 Å². The number of Topliss-reactive ketones (excluding diaryl/α,β-unsaturated/α-hetero) is 1. The highest BCUT2D eigenvalue weighted by atomic mass is 19.1. The second-order valence-corrected chi connectivity index (χ2v) is 3.81. The molecule has 1 aromatic carbocycles. The minimum absolute atomic E-state index is 0.0774.